The van der Waals surface area contributed by atoms with Crippen molar-refractivity contribution in [3.05, 3.63) is 16.6 Å². The molecule has 1 aromatic rings. The molecule has 0 saturated carbocycles. The maximum absolute atomic E-state index is 11.9. The van der Waals surface area contributed by atoms with E-state index in [2.05, 4.69) is 22.2 Å². The Balaban J connectivity index is 2.51. The Morgan fingerprint density at radius 2 is 1.95 bits per heavy atom. The van der Waals surface area contributed by atoms with Crippen molar-refractivity contribution < 1.29 is 4.79 Å². The van der Waals surface area contributed by atoms with Gasteiger partial charge in [0.1, 0.15) is 12.0 Å². The van der Waals surface area contributed by atoms with E-state index in [4.69, 9.17) is 28.9 Å². The lowest BCUT2D eigenvalue weighted by Gasteiger charge is -2.15. The highest BCUT2D eigenvalue weighted by atomic mass is 35.5. The summed E-state index contributed by atoms with van der Waals surface area (Å²) in [5.74, 6) is 0.343. The molecule has 0 aliphatic carbocycles. The van der Waals surface area contributed by atoms with Gasteiger partial charge in [0.2, 0.25) is 5.91 Å². The summed E-state index contributed by atoms with van der Waals surface area (Å²) in [5, 5.41) is 2.95. The first-order chi connectivity index (χ1) is 9.58. The van der Waals surface area contributed by atoms with Gasteiger partial charge in [-0.3, -0.25) is 4.79 Å². The number of amides is 1. The molecule has 0 aromatic carbocycles. The number of nitrogens with one attached hydrogen (secondary N) is 1. The third-order valence-electron chi connectivity index (χ3n) is 3.07. The zero-order valence-electron chi connectivity index (χ0n) is 11.5. The Bertz CT molecular complexity index is 416. The lowest BCUT2D eigenvalue weighted by atomic mass is 9.94. The molecule has 1 unspecified atom stereocenters. The average molecular weight is 319 g/mol. The Kier molecular flexibility index (Phi) is 7.80. The van der Waals surface area contributed by atoms with Gasteiger partial charge >= 0.3 is 0 Å². The van der Waals surface area contributed by atoms with Gasteiger partial charge in [0.15, 0.2) is 10.3 Å². The molecule has 7 heteroatoms. The first-order valence-electron chi connectivity index (χ1n) is 6.74. The lowest BCUT2D eigenvalue weighted by molar-refractivity contribution is -0.116. The van der Waals surface area contributed by atoms with Crippen LogP contribution in [-0.2, 0) is 4.79 Å². The standard InChI is InChI=1S/C13H20Cl2N4O/c1-2-3-9(6-7-16)4-5-10(20)19-11-12(14)17-8-18-13(11)15/h8-9H,2-7,16H2,1H3,(H,19,20). The molecule has 112 valence electrons. The largest absolute Gasteiger partial charge is 0.330 e. The van der Waals surface area contributed by atoms with Crippen molar-refractivity contribution in [2.45, 2.75) is 39.0 Å². The molecule has 0 saturated heterocycles. The van der Waals surface area contributed by atoms with E-state index in [0.717, 1.165) is 25.7 Å². The maximum Gasteiger partial charge on any atom is 0.224 e. The average Bonchev–Trinajstić information content (AvgIpc) is 2.41. The number of nitrogens with zero attached hydrogens (tertiary/aromatic N) is 2. The van der Waals surface area contributed by atoms with Crippen molar-refractivity contribution >= 4 is 34.8 Å². The number of carbonyl (C=O) groups excluding carboxylic acids is 1. The van der Waals surface area contributed by atoms with Crippen molar-refractivity contribution in [1.29, 1.82) is 0 Å². The summed E-state index contributed by atoms with van der Waals surface area (Å²) >= 11 is 11.7. The Morgan fingerprint density at radius 1 is 1.30 bits per heavy atom. The molecule has 20 heavy (non-hydrogen) atoms. The van der Waals surface area contributed by atoms with Crippen molar-refractivity contribution in [2.24, 2.45) is 11.7 Å². The number of nitrogens with two attached hydrogens (primary N) is 1. The van der Waals surface area contributed by atoms with Crippen LogP contribution in [0, 0.1) is 5.92 Å². The van der Waals surface area contributed by atoms with Crippen molar-refractivity contribution in [3.8, 4) is 0 Å². The van der Waals surface area contributed by atoms with Crippen molar-refractivity contribution in [2.75, 3.05) is 11.9 Å². The van der Waals surface area contributed by atoms with E-state index >= 15 is 0 Å². The third-order valence-corrected chi connectivity index (χ3v) is 3.64. The summed E-state index contributed by atoms with van der Waals surface area (Å²) in [6.45, 7) is 2.78. The molecule has 0 aliphatic heterocycles. The Morgan fingerprint density at radius 3 is 2.50 bits per heavy atom. The predicted octanol–water partition coefficient (Wildman–Crippen LogP) is 3.27. The van der Waals surface area contributed by atoms with Crippen molar-refractivity contribution in [3.63, 3.8) is 0 Å². The summed E-state index contributed by atoms with van der Waals surface area (Å²) in [6.07, 6.45) is 5.58. The minimum absolute atomic E-state index is 0.137. The Labute approximate surface area is 129 Å². The number of anilines is 1. The SMILES string of the molecule is CCCC(CCN)CCC(=O)Nc1c(Cl)ncnc1Cl. The molecule has 1 aromatic heterocycles. The van der Waals surface area contributed by atoms with Crippen LogP contribution in [-0.4, -0.2) is 22.4 Å². The van der Waals surface area contributed by atoms with Gasteiger partial charge in [0.05, 0.1) is 0 Å². The van der Waals surface area contributed by atoms with E-state index in [-0.39, 0.29) is 21.9 Å². The van der Waals surface area contributed by atoms with Gasteiger partial charge < -0.3 is 11.1 Å². The fourth-order valence-corrected chi connectivity index (χ4v) is 2.47. The van der Waals surface area contributed by atoms with Crippen LogP contribution in [0.25, 0.3) is 0 Å². The second-order valence-electron chi connectivity index (χ2n) is 4.65. The van der Waals surface area contributed by atoms with Crippen LogP contribution in [0.3, 0.4) is 0 Å². The molecule has 0 aliphatic rings. The van der Waals surface area contributed by atoms with Gasteiger partial charge in [-0.2, -0.15) is 0 Å². The molecule has 0 fully saturated rings. The van der Waals surface area contributed by atoms with Crippen LogP contribution >= 0.6 is 23.2 Å². The first-order valence-corrected chi connectivity index (χ1v) is 7.50. The van der Waals surface area contributed by atoms with E-state index in [1.165, 1.54) is 6.33 Å². The summed E-state index contributed by atoms with van der Waals surface area (Å²) in [5.41, 5.74) is 5.85. The first kappa shape index (κ1) is 17.1. The summed E-state index contributed by atoms with van der Waals surface area (Å²) < 4.78 is 0. The number of hydrogen-bond acceptors (Lipinski definition) is 4. The van der Waals surface area contributed by atoms with Crippen LogP contribution in [0.5, 0.6) is 0 Å². The maximum atomic E-state index is 11.9. The molecule has 1 atom stereocenters. The fraction of sp³-hybridized carbons (Fsp3) is 0.615. The Hall–Kier alpha value is -0.910. The lowest BCUT2D eigenvalue weighted by Crippen LogP contribution is -2.16. The molecule has 5 nitrogen and oxygen atoms in total. The van der Waals surface area contributed by atoms with Gasteiger partial charge in [-0.1, -0.05) is 43.0 Å². The molecule has 0 radical (unpaired) electrons. The van der Waals surface area contributed by atoms with Crippen LogP contribution < -0.4 is 11.1 Å². The number of hydrogen-bond donors (Lipinski definition) is 2. The molecule has 1 amide bonds. The smallest absolute Gasteiger partial charge is 0.224 e. The topological polar surface area (TPSA) is 80.9 Å². The van der Waals surface area contributed by atoms with Crippen LogP contribution in [0.4, 0.5) is 5.69 Å². The number of halogens is 2. The van der Waals surface area contributed by atoms with Crippen LogP contribution in [0.2, 0.25) is 10.3 Å². The van der Waals surface area contributed by atoms with E-state index in [1.54, 1.807) is 0 Å². The highest BCUT2D eigenvalue weighted by molar-refractivity contribution is 6.38. The van der Waals surface area contributed by atoms with E-state index < -0.39 is 0 Å². The molecule has 1 heterocycles. The summed E-state index contributed by atoms with van der Waals surface area (Å²) in [6, 6.07) is 0. The second kappa shape index (κ2) is 9.10. The van der Waals surface area contributed by atoms with Gasteiger partial charge in [0.25, 0.3) is 0 Å². The summed E-state index contributed by atoms with van der Waals surface area (Å²) in [7, 11) is 0. The normalized spacial score (nSPS) is 12.2. The quantitative estimate of drug-likeness (QED) is 0.721. The molecule has 0 spiro atoms. The zero-order chi connectivity index (χ0) is 15.0. The highest BCUT2D eigenvalue weighted by Gasteiger charge is 2.14. The van der Waals surface area contributed by atoms with E-state index in [1.807, 2.05) is 0 Å². The number of aromatic nitrogens is 2. The minimum atomic E-state index is -0.137. The fourth-order valence-electron chi connectivity index (χ4n) is 2.06. The number of carbonyl (C=O) groups is 1. The minimum Gasteiger partial charge on any atom is -0.330 e. The molecule has 3 N–H and O–H groups in total. The highest BCUT2D eigenvalue weighted by Crippen LogP contribution is 2.26. The molecule has 0 bridgehead atoms. The second-order valence-corrected chi connectivity index (χ2v) is 5.37. The molecule has 1 rings (SSSR count). The van der Waals surface area contributed by atoms with Crippen LogP contribution in [0.15, 0.2) is 6.33 Å². The van der Waals surface area contributed by atoms with Gasteiger partial charge in [-0.25, -0.2) is 9.97 Å². The zero-order valence-corrected chi connectivity index (χ0v) is 13.0. The molecular formula is C13H20Cl2N4O. The third kappa shape index (κ3) is 5.61. The van der Waals surface area contributed by atoms with Gasteiger partial charge in [-0.05, 0) is 25.3 Å². The van der Waals surface area contributed by atoms with Gasteiger partial charge in [-0.15, -0.1) is 0 Å². The number of rotatable bonds is 8. The van der Waals surface area contributed by atoms with E-state index in [9.17, 15) is 4.79 Å². The summed E-state index contributed by atoms with van der Waals surface area (Å²) in [4.78, 5) is 19.5. The van der Waals surface area contributed by atoms with E-state index in [0.29, 0.717) is 18.9 Å². The van der Waals surface area contributed by atoms with Crippen LogP contribution in [0.1, 0.15) is 39.0 Å². The molecular weight excluding hydrogens is 299 g/mol. The monoisotopic (exact) mass is 318 g/mol. The predicted molar refractivity (Wildman–Crippen MR) is 82.0 cm³/mol. The van der Waals surface area contributed by atoms with Gasteiger partial charge in [0, 0.05) is 6.42 Å². The van der Waals surface area contributed by atoms with Crippen molar-refractivity contribution in [1.82, 2.24) is 9.97 Å².